The largest absolute Gasteiger partial charge is 0.447 e. The van der Waals surface area contributed by atoms with E-state index in [-0.39, 0.29) is 0 Å². The van der Waals surface area contributed by atoms with Crippen molar-refractivity contribution in [3.63, 3.8) is 0 Å². The average Bonchev–Trinajstić information content (AvgIpc) is 2.31. The molecule has 0 aromatic heterocycles. The van der Waals surface area contributed by atoms with Gasteiger partial charge in [0.25, 0.3) is 0 Å². The Hall–Kier alpha value is -1.28. The number of halogens is 13. The van der Waals surface area contributed by atoms with E-state index < -0.39 is 46.8 Å². The van der Waals surface area contributed by atoms with Crippen molar-refractivity contribution in [2.45, 2.75) is 35.9 Å². The number of carbonyl (C=O) groups excluding carboxylic acids is 1. The van der Waals surface area contributed by atoms with Crippen molar-refractivity contribution < 1.29 is 61.9 Å². The van der Waals surface area contributed by atoms with Gasteiger partial charge in [-0.15, -0.1) is 4.90 Å². The Morgan fingerprint density at radius 2 is 1.00 bits per heavy atom. The molecule has 15 heteroatoms. The van der Waals surface area contributed by atoms with Crippen molar-refractivity contribution in [3.8, 4) is 0 Å². The van der Waals surface area contributed by atoms with Crippen LogP contribution in [-0.2, 0) is 4.79 Å². The zero-order valence-electron chi connectivity index (χ0n) is 9.27. The highest BCUT2D eigenvalue weighted by atomic mass is 19.4. The molecule has 0 aliphatic carbocycles. The number of hydrogen-bond donors (Lipinski definition) is 0. The highest BCUT2D eigenvalue weighted by molar-refractivity contribution is 5.79. The van der Waals surface area contributed by atoms with Gasteiger partial charge in [-0.1, -0.05) is 0 Å². The van der Waals surface area contributed by atoms with E-state index in [0.717, 1.165) is 0 Å². The molecule has 130 valence electrons. The molecule has 0 spiro atoms. The molecule has 1 atom stereocenters. The van der Waals surface area contributed by atoms with Crippen molar-refractivity contribution in [2.75, 3.05) is 0 Å². The van der Waals surface area contributed by atoms with Gasteiger partial charge in [-0.25, -0.2) is 4.39 Å². The number of alkyl halides is 12. The zero-order chi connectivity index (χ0) is 18.2. The molecule has 0 aromatic carbocycles. The van der Waals surface area contributed by atoms with Gasteiger partial charge >= 0.3 is 41.9 Å². The van der Waals surface area contributed by atoms with Gasteiger partial charge in [0, 0.05) is 0 Å². The SMILES string of the molecule is O=C(F)C(F)(N1C(F)(F)C(F)(F)C(F)(F)C1(F)F)C(F)(F)F. The fraction of sp³-hybridized carbons (Fsp3) is 0.857. The quantitative estimate of drug-likeness (QED) is 0.427. The van der Waals surface area contributed by atoms with Gasteiger partial charge in [-0.05, 0) is 0 Å². The Morgan fingerprint density at radius 3 is 1.18 bits per heavy atom. The minimum atomic E-state index is -7.30. The Morgan fingerprint density at radius 1 is 0.727 bits per heavy atom. The van der Waals surface area contributed by atoms with Gasteiger partial charge in [-0.2, -0.15) is 52.7 Å². The first-order valence-corrected chi connectivity index (χ1v) is 4.58. The molecule has 0 aromatic rings. The third-order valence-electron chi connectivity index (χ3n) is 2.66. The topological polar surface area (TPSA) is 20.3 Å². The summed E-state index contributed by atoms with van der Waals surface area (Å²) in [5, 5.41) is 0. The fourth-order valence-corrected chi connectivity index (χ4v) is 1.55. The second-order valence-corrected chi connectivity index (χ2v) is 3.96. The number of carbonyl (C=O) groups is 1. The summed E-state index contributed by atoms with van der Waals surface area (Å²) in [7, 11) is 0. The van der Waals surface area contributed by atoms with E-state index >= 15 is 0 Å². The molecule has 0 bridgehead atoms. The zero-order valence-corrected chi connectivity index (χ0v) is 9.27. The predicted octanol–water partition coefficient (Wildman–Crippen LogP) is 3.48. The second kappa shape index (κ2) is 4.17. The summed E-state index contributed by atoms with van der Waals surface area (Å²) in [4.78, 5) is 6.14. The molecule has 22 heavy (non-hydrogen) atoms. The summed E-state index contributed by atoms with van der Waals surface area (Å²) in [5.41, 5.74) is 0. The van der Waals surface area contributed by atoms with Gasteiger partial charge in [0.05, 0.1) is 0 Å². The maximum absolute atomic E-state index is 13.3. The summed E-state index contributed by atoms with van der Waals surface area (Å²) in [5.74, 6) is -21.6. The standard InChI is InChI=1S/C7F13NO/c8-1(22)2(9,5(14,15)16)21-6(17,18)3(10,11)4(12,13)7(21,19)20. The van der Waals surface area contributed by atoms with Crippen LogP contribution in [0.3, 0.4) is 0 Å². The van der Waals surface area contributed by atoms with Gasteiger partial charge in [0.1, 0.15) is 0 Å². The molecule has 1 saturated heterocycles. The predicted molar refractivity (Wildman–Crippen MR) is 37.6 cm³/mol. The van der Waals surface area contributed by atoms with Crippen LogP contribution in [0.2, 0.25) is 0 Å². The van der Waals surface area contributed by atoms with Gasteiger partial charge in [0.15, 0.2) is 0 Å². The molecule has 0 saturated carbocycles. The molecule has 1 rings (SSSR count). The minimum Gasteiger partial charge on any atom is -0.255 e. The van der Waals surface area contributed by atoms with Crippen molar-refractivity contribution in [3.05, 3.63) is 0 Å². The minimum absolute atomic E-state index is 3.80. The maximum Gasteiger partial charge on any atom is 0.447 e. The van der Waals surface area contributed by atoms with Gasteiger partial charge < -0.3 is 0 Å². The molecule has 1 heterocycles. The monoisotopic (exact) mass is 361 g/mol. The molecular formula is C7F13NO. The van der Waals surface area contributed by atoms with Gasteiger partial charge in [0.2, 0.25) is 0 Å². The summed E-state index contributed by atoms with van der Waals surface area (Å²) in [6.45, 7) is 0. The normalized spacial score (nSPS) is 29.1. The molecule has 0 amide bonds. The van der Waals surface area contributed by atoms with Crippen LogP contribution in [0.1, 0.15) is 0 Å². The highest BCUT2D eigenvalue weighted by Gasteiger charge is 2.98. The molecule has 0 radical (unpaired) electrons. The summed E-state index contributed by atoms with van der Waals surface area (Å²) >= 11 is 0. The number of hydrogen-bond acceptors (Lipinski definition) is 2. The fourth-order valence-electron chi connectivity index (χ4n) is 1.55. The molecule has 1 unspecified atom stereocenters. The first-order valence-electron chi connectivity index (χ1n) is 4.58. The third-order valence-corrected chi connectivity index (χ3v) is 2.66. The van der Waals surface area contributed by atoms with Crippen molar-refractivity contribution in [2.24, 2.45) is 0 Å². The van der Waals surface area contributed by atoms with Crippen LogP contribution in [0.4, 0.5) is 57.1 Å². The first-order chi connectivity index (χ1) is 9.31. The molecule has 1 fully saturated rings. The Kier molecular flexibility index (Phi) is 3.56. The molecule has 1 aliphatic rings. The first kappa shape index (κ1) is 18.8. The lowest BCUT2D eigenvalue weighted by molar-refractivity contribution is -0.382. The Labute approximate surface area is 110 Å². The molecule has 2 nitrogen and oxygen atoms in total. The second-order valence-electron chi connectivity index (χ2n) is 3.96. The van der Waals surface area contributed by atoms with Crippen molar-refractivity contribution in [1.82, 2.24) is 4.90 Å². The van der Waals surface area contributed by atoms with E-state index in [1.54, 1.807) is 0 Å². The number of nitrogens with zero attached hydrogens (tertiary/aromatic N) is 1. The summed E-state index contributed by atoms with van der Waals surface area (Å²) < 4.78 is 164. The molecular weight excluding hydrogens is 361 g/mol. The van der Waals surface area contributed by atoms with E-state index in [4.69, 9.17) is 0 Å². The number of likely N-dealkylation sites (tertiary alicyclic amines) is 1. The smallest absolute Gasteiger partial charge is 0.255 e. The van der Waals surface area contributed by atoms with Crippen LogP contribution in [-0.4, -0.2) is 46.8 Å². The van der Waals surface area contributed by atoms with Crippen molar-refractivity contribution >= 4 is 6.04 Å². The number of rotatable bonds is 2. The van der Waals surface area contributed by atoms with Crippen LogP contribution < -0.4 is 0 Å². The van der Waals surface area contributed by atoms with Crippen LogP contribution in [0.5, 0.6) is 0 Å². The van der Waals surface area contributed by atoms with Crippen LogP contribution >= 0.6 is 0 Å². The maximum atomic E-state index is 13.3. The van der Waals surface area contributed by atoms with Crippen molar-refractivity contribution in [1.29, 1.82) is 0 Å². The van der Waals surface area contributed by atoms with Gasteiger partial charge in [-0.3, -0.25) is 4.79 Å². The van der Waals surface area contributed by atoms with Crippen LogP contribution in [0.25, 0.3) is 0 Å². The lowest BCUT2D eigenvalue weighted by Gasteiger charge is -2.37. The summed E-state index contributed by atoms with van der Waals surface area (Å²) in [6.07, 6.45) is -7.30. The lowest BCUT2D eigenvalue weighted by atomic mass is 10.2. The van der Waals surface area contributed by atoms with E-state index in [9.17, 15) is 61.9 Å². The Balaban J connectivity index is 3.82. The summed E-state index contributed by atoms with van der Waals surface area (Å²) in [6, 6.07) is -19.2. The Bertz CT molecular complexity index is 469. The molecule has 0 N–H and O–H groups in total. The highest BCUT2D eigenvalue weighted by Crippen LogP contribution is 2.66. The van der Waals surface area contributed by atoms with E-state index in [1.165, 1.54) is 0 Å². The molecule has 1 aliphatic heterocycles. The third kappa shape index (κ3) is 1.70. The van der Waals surface area contributed by atoms with E-state index in [1.807, 2.05) is 0 Å². The lowest BCUT2D eigenvalue weighted by Crippen LogP contribution is -2.69. The van der Waals surface area contributed by atoms with Crippen LogP contribution in [0, 0.1) is 0 Å². The van der Waals surface area contributed by atoms with E-state index in [0.29, 0.717) is 0 Å². The average molecular weight is 361 g/mol. The van der Waals surface area contributed by atoms with Crippen LogP contribution in [0.15, 0.2) is 0 Å². The van der Waals surface area contributed by atoms with E-state index in [2.05, 4.69) is 0 Å².